The SMILES string of the molecule is CCOc1ccc(NC(C)c2cc3c(s2)CCCC3)cc1. The summed E-state index contributed by atoms with van der Waals surface area (Å²) in [5.74, 6) is 0.933. The Bertz CT molecular complexity index is 564. The molecule has 2 aromatic rings. The molecule has 0 saturated carbocycles. The molecule has 2 nitrogen and oxygen atoms in total. The van der Waals surface area contributed by atoms with Gasteiger partial charge in [-0.25, -0.2) is 0 Å². The number of anilines is 1. The Balaban J connectivity index is 1.67. The summed E-state index contributed by atoms with van der Waals surface area (Å²) in [6.07, 6.45) is 5.24. The smallest absolute Gasteiger partial charge is 0.119 e. The van der Waals surface area contributed by atoms with Crippen molar-refractivity contribution in [2.75, 3.05) is 11.9 Å². The molecule has 1 aliphatic carbocycles. The van der Waals surface area contributed by atoms with Crippen LogP contribution in [0.2, 0.25) is 0 Å². The minimum atomic E-state index is 0.360. The first-order valence-corrected chi connectivity index (χ1v) is 8.69. The first-order chi connectivity index (χ1) is 10.3. The van der Waals surface area contributed by atoms with Crippen molar-refractivity contribution in [2.24, 2.45) is 0 Å². The number of benzene rings is 1. The number of fused-ring (bicyclic) bond motifs is 1. The summed E-state index contributed by atoms with van der Waals surface area (Å²) < 4.78 is 5.48. The second-order valence-corrected chi connectivity index (χ2v) is 6.80. The van der Waals surface area contributed by atoms with Gasteiger partial charge in [0.2, 0.25) is 0 Å². The molecule has 0 fully saturated rings. The molecule has 0 amide bonds. The van der Waals surface area contributed by atoms with Crippen LogP contribution >= 0.6 is 11.3 Å². The molecule has 0 aliphatic heterocycles. The van der Waals surface area contributed by atoms with Crippen molar-refractivity contribution in [3.05, 3.63) is 45.6 Å². The molecule has 0 bridgehead atoms. The molecule has 21 heavy (non-hydrogen) atoms. The van der Waals surface area contributed by atoms with Crippen molar-refractivity contribution >= 4 is 17.0 Å². The summed E-state index contributed by atoms with van der Waals surface area (Å²) in [7, 11) is 0. The van der Waals surface area contributed by atoms with E-state index < -0.39 is 0 Å². The van der Waals surface area contributed by atoms with Gasteiger partial charge in [-0.05, 0) is 75.4 Å². The lowest BCUT2D eigenvalue weighted by Crippen LogP contribution is -2.04. The van der Waals surface area contributed by atoms with Crippen molar-refractivity contribution in [1.82, 2.24) is 0 Å². The first kappa shape index (κ1) is 14.5. The second-order valence-electron chi connectivity index (χ2n) is 5.63. The van der Waals surface area contributed by atoms with Crippen LogP contribution in [0, 0.1) is 0 Å². The Kier molecular flexibility index (Phi) is 4.49. The lowest BCUT2D eigenvalue weighted by Gasteiger charge is -2.14. The summed E-state index contributed by atoms with van der Waals surface area (Å²) in [6.45, 7) is 4.96. The average Bonchev–Trinajstić information content (AvgIpc) is 2.94. The van der Waals surface area contributed by atoms with E-state index in [2.05, 4.69) is 30.4 Å². The molecular formula is C18H23NOS. The molecule has 1 aliphatic rings. The highest BCUT2D eigenvalue weighted by Crippen LogP contribution is 2.34. The van der Waals surface area contributed by atoms with E-state index in [0.717, 1.165) is 11.4 Å². The van der Waals surface area contributed by atoms with Crippen molar-refractivity contribution in [3.8, 4) is 5.75 Å². The molecule has 3 rings (SSSR count). The minimum Gasteiger partial charge on any atom is -0.494 e. The Hall–Kier alpha value is -1.48. The van der Waals surface area contributed by atoms with Gasteiger partial charge in [-0.15, -0.1) is 11.3 Å². The minimum absolute atomic E-state index is 0.360. The van der Waals surface area contributed by atoms with Gasteiger partial charge in [0.05, 0.1) is 12.6 Å². The Labute approximate surface area is 131 Å². The summed E-state index contributed by atoms with van der Waals surface area (Å²) in [6, 6.07) is 11.0. The molecule has 1 heterocycles. The van der Waals surface area contributed by atoms with Gasteiger partial charge in [0.15, 0.2) is 0 Å². The van der Waals surface area contributed by atoms with Gasteiger partial charge in [-0.3, -0.25) is 0 Å². The van der Waals surface area contributed by atoms with Crippen LogP contribution in [0.5, 0.6) is 5.75 Å². The van der Waals surface area contributed by atoms with E-state index >= 15 is 0 Å². The molecule has 1 N–H and O–H groups in total. The van der Waals surface area contributed by atoms with Crippen molar-refractivity contribution in [3.63, 3.8) is 0 Å². The predicted octanol–water partition coefficient (Wildman–Crippen LogP) is 5.20. The van der Waals surface area contributed by atoms with Crippen molar-refractivity contribution in [2.45, 2.75) is 45.6 Å². The van der Waals surface area contributed by atoms with E-state index in [1.54, 1.807) is 10.4 Å². The molecule has 3 heteroatoms. The summed E-state index contributed by atoms with van der Waals surface area (Å²) in [5, 5.41) is 3.59. The zero-order valence-corrected chi connectivity index (χ0v) is 13.6. The lowest BCUT2D eigenvalue weighted by molar-refractivity contribution is 0.340. The number of ether oxygens (including phenoxy) is 1. The number of thiophene rings is 1. The van der Waals surface area contributed by atoms with Crippen LogP contribution in [-0.4, -0.2) is 6.61 Å². The van der Waals surface area contributed by atoms with Gasteiger partial charge in [0.1, 0.15) is 5.75 Å². The van der Waals surface area contributed by atoms with Crippen LogP contribution in [0.3, 0.4) is 0 Å². The molecule has 1 atom stereocenters. The Morgan fingerprint density at radius 3 is 2.67 bits per heavy atom. The fraction of sp³-hybridized carbons (Fsp3) is 0.444. The molecule has 112 valence electrons. The van der Waals surface area contributed by atoms with Gasteiger partial charge < -0.3 is 10.1 Å². The molecular weight excluding hydrogens is 278 g/mol. The maximum absolute atomic E-state index is 5.48. The molecule has 1 unspecified atom stereocenters. The van der Waals surface area contributed by atoms with E-state index in [1.807, 2.05) is 30.4 Å². The molecule has 0 radical (unpaired) electrons. The number of rotatable bonds is 5. The number of hydrogen-bond acceptors (Lipinski definition) is 3. The van der Waals surface area contributed by atoms with Crippen LogP contribution in [0.15, 0.2) is 30.3 Å². The van der Waals surface area contributed by atoms with Crippen LogP contribution in [0.1, 0.15) is 48.0 Å². The third-order valence-electron chi connectivity index (χ3n) is 3.99. The van der Waals surface area contributed by atoms with Gasteiger partial charge in [-0.1, -0.05) is 0 Å². The van der Waals surface area contributed by atoms with E-state index in [9.17, 15) is 0 Å². The number of hydrogen-bond donors (Lipinski definition) is 1. The fourth-order valence-corrected chi connectivity index (χ4v) is 4.12. The Morgan fingerprint density at radius 2 is 1.95 bits per heavy atom. The van der Waals surface area contributed by atoms with Gasteiger partial charge in [0.25, 0.3) is 0 Å². The molecule has 1 aromatic carbocycles. The highest BCUT2D eigenvalue weighted by molar-refractivity contribution is 7.12. The standard InChI is InChI=1S/C18H23NOS/c1-3-20-16-10-8-15(9-11-16)19-13(2)18-12-14-6-4-5-7-17(14)21-18/h8-13,19H,3-7H2,1-2H3. The molecule has 1 aromatic heterocycles. The zero-order chi connectivity index (χ0) is 14.7. The van der Waals surface area contributed by atoms with Crippen LogP contribution in [0.4, 0.5) is 5.69 Å². The van der Waals surface area contributed by atoms with Crippen LogP contribution in [-0.2, 0) is 12.8 Å². The topological polar surface area (TPSA) is 21.3 Å². The Morgan fingerprint density at radius 1 is 1.19 bits per heavy atom. The van der Waals surface area contributed by atoms with Crippen molar-refractivity contribution < 1.29 is 4.74 Å². The summed E-state index contributed by atoms with van der Waals surface area (Å²) in [5.41, 5.74) is 2.74. The third-order valence-corrected chi connectivity index (χ3v) is 5.41. The van der Waals surface area contributed by atoms with E-state index in [1.165, 1.54) is 30.6 Å². The van der Waals surface area contributed by atoms with Gasteiger partial charge >= 0.3 is 0 Å². The lowest BCUT2D eigenvalue weighted by atomic mass is 9.99. The number of aryl methyl sites for hydroxylation is 2. The molecule has 0 spiro atoms. The fourth-order valence-electron chi connectivity index (χ4n) is 2.86. The maximum Gasteiger partial charge on any atom is 0.119 e. The van der Waals surface area contributed by atoms with Crippen LogP contribution in [0.25, 0.3) is 0 Å². The van der Waals surface area contributed by atoms with Crippen LogP contribution < -0.4 is 10.1 Å². The monoisotopic (exact) mass is 301 g/mol. The van der Waals surface area contributed by atoms with Gasteiger partial charge in [-0.2, -0.15) is 0 Å². The average molecular weight is 301 g/mol. The first-order valence-electron chi connectivity index (χ1n) is 7.87. The van der Waals surface area contributed by atoms with E-state index in [-0.39, 0.29) is 0 Å². The molecule has 0 saturated heterocycles. The van der Waals surface area contributed by atoms with Crippen molar-refractivity contribution in [1.29, 1.82) is 0 Å². The van der Waals surface area contributed by atoms with E-state index in [0.29, 0.717) is 12.6 Å². The maximum atomic E-state index is 5.48. The normalized spacial score (nSPS) is 15.3. The highest BCUT2D eigenvalue weighted by atomic mass is 32.1. The largest absolute Gasteiger partial charge is 0.494 e. The van der Waals surface area contributed by atoms with E-state index in [4.69, 9.17) is 4.74 Å². The quantitative estimate of drug-likeness (QED) is 0.819. The highest BCUT2D eigenvalue weighted by Gasteiger charge is 2.16. The predicted molar refractivity (Wildman–Crippen MR) is 90.6 cm³/mol. The summed E-state index contributed by atoms with van der Waals surface area (Å²) >= 11 is 1.99. The third kappa shape index (κ3) is 3.41. The summed E-state index contributed by atoms with van der Waals surface area (Å²) in [4.78, 5) is 3.06. The zero-order valence-electron chi connectivity index (χ0n) is 12.8. The second kappa shape index (κ2) is 6.52. The number of nitrogens with one attached hydrogen (secondary N) is 1. The van der Waals surface area contributed by atoms with Gasteiger partial charge in [0, 0.05) is 15.4 Å².